The fourth-order valence-electron chi connectivity index (χ4n) is 4.08. The molecule has 32 heavy (non-hydrogen) atoms. The highest BCUT2D eigenvalue weighted by Gasteiger charge is 2.33. The number of hydrogen-bond donors (Lipinski definition) is 2. The topological polar surface area (TPSA) is 57.5 Å². The van der Waals surface area contributed by atoms with Crippen LogP contribution in [0.4, 0.5) is 0 Å². The molecule has 0 saturated heterocycles. The molecule has 2 rings (SSSR count). The molecule has 0 atom stereocenters. The lowest BCUT2D eigenvalue weighted by molar-refractivity contribution is 0.0697. The van der Waals surface area contributed by atoms with Crippen molar-refractivity contribution in [2.45, 2.75) is 105 Å². The molecule has 2 N–H and O–H groups in total. The van der Waals surface area contributed by atoms with Gasteiger partial charge < -0.3 is 10.2 Å². The van der Waals surface area contributed by atoms with Crippen LogP contribution in [0.1, 0.15) is 116 Å². The van der Waals surface area contributed by atoms with Crippen LogP contribution in [0.2, 0.25) is 0 Å². The normalized spacial score (nSPS) is 13.4. The minimum Gasteiger partial charge on any atom is -0.507 e. The maximum atomic E-state index is 12.5. The quantitative estimate of drug-likeness (QED) is 0.500. The Hall–Kier alpha value is -2.29. The number of phenolic OH excluding ortho intramolecular Hbond substituents is 1. The van der Waals surface area contributed by atoms with E-state index in [0.29, 0.717) is 16.7 Å². The van der Waals surface area contributed by atoms with E-state index in [0.717, 1.165) is 16.7 Å². The summed E-state index contributed by atoms with van der Waals surface area (Å²) in [5.74, 6) is -0.780. The summed E-state index contributed by atoms with van der Waals surface area (Å²) in [6, 6.07) is 8.09. The van der Waals surface area contributed by atoms with Gasteiger partial charge in [0.2, 0.25) is 0 Å². The first-order valence-corrected chi connectivity index (χ1v) is 11.5. The number of carboxylic acids is 1. The largest absolute Gasteiger partial charge is 0.507 e. The van der Waals surface area contributed by atoms with Gasteiger partial charge in [0, 0.05) is 16.7 Å². The zero-order valence-corrected chi connectivity index (χ0v) is 22.1. The molecule has 0 bridgehead atoms. The van der Waals surface area contributed by atoms with Crippen molar-refractivity contribution in [3.8, 4) is 16.9 Å². The van der Waals surface area contributed by atoms with E-state index in [-0.39, 0.29) is 22.1 Å². The van der Waals surface area contributed by atoms with Crippen molar-refractivity contribution in [2.75, 3.05) is 0 Å². The van der Waals surface area contributed by atoms with Crippen LogP contribution in [0.3, 0.4) is 0 Å². The van der Waals surface area contributed by atoms with Crippen molar-refractivity contribution in [1.29, 1.82) is 0 Å². The monoisotopic (exact) mass is 438 g/mol. The van der Waals surface area contributed by atoms with Gasteiger partial charge >= 0.3 is 5.97 Å². The molecule has 0 aliphatic rings. The Bertz CT molecular complexity index is 998. The zero-order chi connectivity index (χ0) is 25.0. The second kappa shape index (κ2) is 7.93. The van der Waals surface area contributed by atoms with E-state index in [1.54, 1.807) is 6.07 Å². The number of carboxylic acid groups (broad SMARTS) is 1. The van der Waals surface area contributed by atoms with Crippen LogP contribution in [-0.4, -0.2) is 16.2 Å². The third kappa shape index (κ3) is 5.19. The summed E-state index contributed by atoms with van der Waals surface area (Å²) in [5, 5.41) is 21.7. The maximum absolute atomic E-state index is 12.5. The molecule has 0 radical (unpaired) electrons. The highest BCUT2D eigenvalue weighted by molar-refractivity contribution is 5.99. The summed E-state index contributed by atoms with van der Waals surface area (Å²) in [7, 11) is 0. The SMILES string of the molecule is CC(C)(C)c1cc(-c2c(C(=O)O)cc(C(C)(C)C)c(O)c2C(C)(C)C)cc(C(C)(C)C)c1. The minimum absolute atomic E-state index is 0.102. The van der Waals surface area contributed by atoms with E-state index < -0.39 is 16.8 Å². The van der Waals surface area contributed by atoms with Crippen molar-refractivity contribution < 1.29 is 15.0 Å². The number of hydrogen-bond acceptors (Lipinski definition) is 2. The van der Waals surface area contributed by atoms with Gasteiger partial charge in [0.25, 0.3) is 0 Å². The van der Waals surface area contributed by atoms with Gasteiger partial charge in [0.1, 0.15) is 5.75 Å². The van der Waals surface area contributed by atoms with Crippen LogP contribution in [0.15, 0.2) is 24.3 Å². The Morgan fingerprint density at radius 3 is 1.41 bits per heavy atom. The number of phenols is 1. The van der Waals surface area contributed by atoms with Crippen molar-refractivity contribution in [3.05, 3.63) is 52.1 Å². The summed E-state index contributed by atoms with van der Waals surface area (Å²) in [5.41, 5.74) is 4.30. The molecular formula is C29H42O3. The van der Waals surface area contributed by atoms with Crippen molar-refractivity contribution in [1.82, 2.24) is 0 Å². The summed E-state index contributed by atoms with van der Waals surface area (Å²) >= 11 is 0. The summed E-state index contributed by atoms with van der Waals surface area (Å²) in [6.07, 6.45) is 0. The van der Waals surface area contributed by atoms with Gasteiger partial charge in [-0.15, -0.1) is 0 Å². The lowest BCUT2D eigenvalue weighted by Gasteiger charge is -2.32. The molecule has 176 valence electrons. The minimum atomic E-state index is -0.977. The molecule has 3 heteroatoms. The molecular weight excluding hydrogens is 396 g/mol. The molecule has 0 aliphatic carbocycles. The van der Waals surface area contributed by atoms with Gasteiger partial charge in [-0.3, -0.25) is 0 Å². The van der Waals surface area contributed by atoms with E-state index in [1.807, 2.05) is 41.5 Å². The lowest BCUT2D eigenvalue weighted by atomic mass is 9.72. The Balaban J connectivity index is 3.16. The summed E-state index contributed by atoms with van der Waals surface area (Å²) in [4.78, 5) is 12.5. The number of benzene rings is 2. The molecule has 0 spiro atoms. The third-order valence-electron chi connectivity index (χ3n) is 6.04. The second-order valence-electron chi connectivity index (χ2n) is 13.2. The highest BCUT2D eigenvalue weighted by atomic mass is 16.4. The van der Waals surface area contributed by atoms with E-state index in [4.69, 9.17) is 0 Å². The van der Waals surface area contributed by atoms with E-state index in [1.165, 1.54) is 0 Å². The van der Waals surface area contributed by atoms with E-state index in [2.05, 4.69) is 59.7 Å². The van der Waals surface area contributed by atoms with Gasteiger partial charge in [0.15, 0.2) is 0 Å². The first kappa shape index (κ1) is 26.0. The maximum Gasteiger partial charge on any atom is 0.336 e. The Morgan fingerprint density at radius 1 is 0.656 bits per heavy atom. The van der Waals surface area contributed by atoms with E-state index >= 15 is 0 Å². The Kier molecular flexibility index (Phi) is 6.44. The third-order valence-corrected chi connectivity index (χ3v) is 6.04. The van der Waals surface area contributed by atoms with Crippen LogP contribution in [0.5, 0.6) is 5.75 Å². The van der Waals surface area contributed by atoms with Crippen molar-refractivity contribution in [2.24, 2.45) is 0 Å². The van der Waals surface area contributed by atoms with Crippen LogP contribution >= 0.6 is 0 Å². The van der Waals surface area contributed by atoms with E-state index in [9.17, 15) is 15.0 Å². The fourth-order valence-corrected chi connectivity index (χ4v) is 4.08. The molecule has 0 saturated carbocycles. The van der Waals surface area contributed by atoms with Crippen molar-refractivity contribution in [3.63, 3.8) is 0 Å². The van der Waals surface area contributed by atoms with Gasteiger partial charge in [-0.05, 0) is 44.4 Å². The standard InChI is InChI=1S/C29H42O3/c1-26(2,3)18-13-17(14-19(15-18)27(4,5)6)22-20(25(31)32)16-21(28(7,8)9)24(30)23(22)29(10,11)12/h13-16,30H,1-12H3,(H,31,32). The number of aromatic carboxylic acids is 1. The van der Waals surface area contributed by atoms with Gasteiger partial charge in [-0.25, -0.2) is 4.79 Å². The summed E-state index contributed by atoms with van der Waals surface area (Å²) < 4.78 is 0. The Labute approximate surface area is 194 Å². The molecule has 0 aromatic heterocycles. The number of aromatic hydroxyl groups is 1. The molecule has 0 heterocycles. The molecule has 0 aliphatic heterocycles. The van der Waals surface area contributed by atoms with Gasteiger partial charge in [-0.2, -0.15) is 0 Å². The molecule has 0 fully saturated rings. The van der Waals surface area contributed by atoms with Crippen molar-refractivity contribution >= 4 is 5.97 Å². The smallest absolute Gasteiger partial charge is 0.336 e. The molecule has 0 unspecified atom stereocenters. The number of rotatable bonds is 2. The fraction of sp³-hybridized carbons (Fsp3) is 0.552. The summed E-state index contributed by atoms with van der Waals surface area (Å²) in [6.45, 7) is 25.1. The van der Waals surface area contributed by atoms with Crippen LogP contribution in [0.25, 0.3) is 11.1 Å². The lowest BCUT2D eigenvalue weighted by Crippen LogP contribution is -2.21. The van der Waals surface area contributed by atoms with Crippen LogP contribution in [-0.2, 0) is 21.7 Å². The Morgan fingerprint density at radius 2 is 1.09 bits per heavy atom. The van der Waals surface area contributed by atoms with Crippen LogP contribution in [0, 0.1) is 0 Å². The molecule has 3 nitrogen and oxygen atoms in total. The molecule has 2 aromatic carbocycles. The predicted octanol–water partition coefficient (Wildman–Crippen LogP) is 7.95. The number of carbonyl (C=O) groups is 1. The zero-order valence-electron chi connectivity index (χ0n) is 22.1. The molecule has 0 amide bonds. The first-order chi connectivity index (χ1) is 14.2. The highest BCUT2D eigenvalue weighted by Crippen LogP contribution is 2.47. The van der Waals surface area contributed by atoms with Gasteiger partial charge in [0.05, 0.1) is 5.56 Å². The van der Waals surface area contributed by atoms with Crippen LogP contribution < -0.4 is 0 Å². The van der Waals surface area contributed by atoms with Gasteiger partial charge in [-0.1, -0.05) is 101 Å². The second-order valence-corrected chi connectivity index (χ2v) is 13.2. The average Bonchev–Trinajstić information content (AvgIpc) is 2.56. The molecule has 2 aromatic rings. The first-order valence-electron chi connectivity index (χ1n) is 11.5. The average molecular weight is 439 g/mol. The predicted molar refractivity (Wildman–Crippen MR) is 135 cm³/mol.